The van der Waals surface area contributed by atoms with Crippen molar-refractivity contribution in [2.24, 2.45) is 17.6 Å². The van der Waals surface area contributed by atoms with Crippen LogP contribution >= 0.6 is 11.6 Å². The van der Waals surface area contributed by atoms with E-state index in [9.17, 15) is 0 Å². The molecule has 0 aromatic heterocycles. The van der Waals surface area contributed by atoms with E-state index >= 15 is 0 Å². The Labute approximate surface area is 109 Å². The number of rotatable bonds is 2. The molecule has 2 unspecified atom stereocenters. The molecule has 2 N–H and O–H groups in total. The molecule has 17 heavy (non-hydrogen) atoms. The average molecular weight is 252 g/mol. The van der Waals surface area contributed by atoms with Crippen molar-refractivity contribution in [3.63, 3.8) is 0 Å². The topological polar surface area (TPSA) is 26.0 Å². The highest BCUT2D eigenvalue weighted by molar-refractivity contribution is 6.30. The first-order chi connectivity index (χ1) is 8.01. The van der Waals surface area contributed by atoms with Gasteiger partial charge in [-0.3, -0.25) is 0 Å². The van der Waals surface area contributed by atoms with Crippen molar-refractivity contribution in [3.8, 4) is 0 Å². The third kappa shape index (κ3) is 2.83. The summed E-state index contributed by atoms with van der Waals surface area (Å²) in [5.74, 6) is 1.48. The van der Waals surface area contributed by atoms with Crippen LogP contribution in [0.25, 0.3) is 0 Å². The normalized spacial score (nSPS) is 29.6. The Kier molecular flexibility index (Phi) is 3.79. The van der Waals surface area contributed by atoms with Gasteiger partial charge in [-0.05, 0) is 42.4 Å². The minimum Gasteiger partial charge on any atom is -0.321 e. The summed E-state index contributed by atoms with van der Waals surface area (Å²) in [4.78, 5) is 0. The van der Waals surface area contributed by atoms with E-state index in [2.05, 4.69) is 26.0 Å². The first-order valence-electron chi connectivity index (χ1n) is 6.56. The van der Waals surface area contributed by atoms with Gasteiger partial charge in [0.15, 0.2) is 0 Å². The summed E-state index contributed by atoms with van der Waals surface area (Å²) in [7, 11) is 0. The molecule has 0 radical (unpaired) electrons. The van der Waals surface area contributed by atoms with Crippen LogP contribution in [0.4, 0.5) is 0 Å². The van der Waals surface area contributed by atoms with Crippen LogP contribution in [0.5, 0.6) is 0 Å². The van der Waals surface area contributed by atoms with Gasteiger partial charge in [0.05, 0.1) is 0 Å². The molecule has 0 saturated heterocycles. The van der Waals surface area contributed by atoms with Crippen molar-refractivity contribution in [2.45, 2.75) is 45.1 Å². The van der Waals surface area contributed by atoms with E-state index in [1.807, 2.05) is 12.1 Å². The number of hydrogen-bond donors (Lipinski definition) is 1. The van der Waals surface area contributed by atoms with E-state index in [4.69, 9.17) is 17.3 Å². The second-order valence-electron chi connectivity index (χ2n) is 5.76. The highest BCUT2D eigenvalue weighted by Gasteiger charge is 2.35. The van der Waals surface area contributed by atoms with Crippen LogP contribution in [0.2, 0.25) is 5.02 Å². The monoisotopic (exact) mass is 251 g/mol. The summed E-state index contributed by atoms with van der Waals surface area (Å²) < 4.78 is 0. The standard InChI is InChI=1S/C15H22ClN/c1-11(2)12-4-3-9-15(17,10-12)13-5-7-14(16)8-6-13/h5-8,11-12H,3-4,9-10,17H2,1-2H3. The zero-order valence-electron chi connectivity index (χ0n) is 10.7. The van der Waals surface area contributed by atoms with Crippen molar-refractivity contribution in [3.05, 3.63) is 34.9 Å². The van der Waals surface area contributed by atoms with Crippen molar-refractivity contribution in [1.82, 2.24) is 0 Å². The zero-order valence-corrected chi connectivity index (χ0v) is 11.5. The molecule has 2 rings (SSSR count). The van der Waals surface area contributed by atoms with Crippen LogP contribution in [0.3, 0.4) is 0 Å². The Morgan fingerprint density at radius 1 is 1.29 bits per heavy atom. The molecule has 1 aromatic rings. The Balaban J connectivity index is 2.20. The molecule has 1 aliphatic rings. The van der Waals surface area contributed by atoms with Crippen LogP contribution in [0.1, 0.15) is 45.1 Å². The third-order valence-electron chi connectivity index (χ3n) is 4.19. The molecule has 0 heterocycles. The Bertz CT molecular complexity index is 371. The predicted octanol–water partition coefficient (Wildman–Crippen LogP) is 4.34. The highest BCUT2D eigenvalue weighted by Crippen LogP contribution is 2.40. The molecule has 2 atom stereocenters. The van der Waals surface area contributed by atoms with Crippen LogP contribution in [0, 0.1) is 11.8 Å². The van der Waals surface area contributed by atoms with Gasteiger partial charge in [-0.1, -0.05) is 50.4 Å². The molecule has 0 bridgehead atoms. The molecule has 1 aliphatic carbocycles. The zero-order chi connectivity index (χ0) is 12.5. The van der Waals surface area contributed by atoms with E-state index in [1.165, 1.54) is 18.4 Å². The molecule has 2 heteroatoms. The van der Waals surface area contributed by atoms with Crippen molar-refractivity contribution >= 4 is 11.6 Å². The van der Waals surface area contributed by atoms with Crippen LogP contribution in [0.15, 0.2) is 24.3 Å². The molecule has 1 nitrogen and oxygen atoms in total. The minimum absolute atomic E-state index is 0.141. The number of benzene rings is 1. The fraction of sp³-hybridized carbons (Fsp3) is 0.600. The van der Waals surface area contributed by atoms with Gasteiger partial charge < -0.3 is 5.73 Å². The second kappa shape index (κ2) is 4.99. The predicted molar refractivity (Wildman–Crippen MR) is 74.1 cm³/mol. The maximum atomic E-state index is 6.62. The van der Waals surface area contributed by atoms with Gasteiger partial charge in [-0.15, -0.1) is 0 Å². The molecule has 1 aromatic carbocycles. The van der Waals surface area contributed by atoms with E-state index < -0.39 is 0 Å². The average Bonchev–Trinajstić information content (AvgIpc) is 2.29. The van der Waals surface area contributed by atoms with Gasteiger partial charge in [0.25, 0.3) is 0 Å². The molecule has 94 valence electrons. The lowest BCUT2D eigenvalue weighted by Crippen LogP contribution is -2.42. The summed E-state index contributed by atoms with van der Waals surface area (Å²) in [5, 5.41) is 0.786. The molecule has 1 fully saturated rings. The van der Waals surface area contributed by atoms with Crippen LogP contribution < -0.4 is 5.73 Å². The van der Waals surface area contributed by atoms with E-state index in [0.717, 1.165) is 29.7 Å². The summed E-state index contributed by atoms with van der Waals surface area (Å²) in [6.07, 6.45) is 4.76. The minimum atomic E-state index is -0.141. The Morgan fingerprint density at radius 2 is 1.94 bits per heavy atom. The number of nitrogens with two attached hydrogens (primary N) is 1. The third-order valence-corrected chi connectivity index (χ3v) is 4.44. The smallest absolute Gasteiger partial charge is 0.0412 e. The lowest BCUT2D eigenvalue weighted by atomic mass is 9.69. The van der Waals surface area contributed by atoms with Crippen molar-refractivity contribution in [2.75, 3.05) is 0 Å². The molecular weight excluding hydrogens is 230 g/mol. The lowest BCUT2D eigenvalue weighted by molar-refractivity contribution is 0.184. The summed E-state index contributed by atoms with van der Waals surface area (Å²) >= 11 is 5.93. The maximum absolute atomic E-state index is 6.62. The fourth-order valence-electron chi connectivity index (χ4n) is 2.96. The first kappa shape index (κ1) is 12.9. The Hall–Kier alpha value is -0.530. The van der Waals surface area contributed by atoms with Gasteiger partial charge >= 0.3 is 0 Å². The summed E-state index contributed by atoms with van der Waals surface area (Å²) in [6.45, 7) is 4.61. The Morgan fingerprint density at radius 3 is 2.53 bits per heavy atom. The van der Waals surface area contributed by atoms with E-state index in [-0.39, 0.29) is 5.54 Å². The molecule has 0 amide bonds. The number of hydrogen-bond acceptors (Lipinski definition) is 1. The molecule has 0 spiro atoms. The van der Waals surface area contributed by atoms with Gasteiger partial charge in [0, 0.05) is 10.6 Å². The largest absolute Gasteiger partial charge is 0.321 e. The van der Waals surface area contributed by atoms with E-state index in [1.54, 1.807) is 0 Å². The highest BCUT2D eigenvalue weighted by atomic mass is 35.5. The van der Waals surface area contributed by atoms with Gasteiger partial charge in [0.1, 0.15) is 0 Å². The lowest BCUT2D eigenvalue weighted by Gasteiger charge is -2.40. The summed E-state index contributed by atoms with van der Waals surface area (Å²) in [6, 6.07) is 8.07. The second-order valence-corrected chi connectivity index (χ2v) is 6.20. The van der Waals surface area contributed by atoms with Crippen molar-refractivity contribution in [1.29, 1.82) is 0 Å². The van der Waals surface area contributed by atoms with E-state index in [0.29, 0.717) is 0 Å². The maximum Gasteiger partial charge on any atom is 0.0412 e. The van der Waals surface area contributed by atoms with Crippen LogP contribution in [-0.2, 0) is 5.54 Å². The fourth-order valence-corrected chi connectivity index (χ4v) is 3.09. The first-order valence-corrected chi connectivity index (χ1v) is 6.94. The molecule has 1 saturated carbocycles. The SMILES string of the molecule is CC(C)C1CCCC(N)(c2ccc(Cl)cc2)C1. The van der Waals surface area contributed by atoms with Crippen molar-refractivity contribution < 1.29 is 0 Å². The van der Waals surface area contributed by atoms with Gasteiger partial charge in [0.2, 0.25) is 0 Å². The number of halogens is 1. The summed E-state index contributed by atoms with van der Waals surface area (Å²) in [5.41, 5.74) is 7.72. The van der Waals surface area contributed by atoms with Crippen LogP contribution in [-0.4, -0.2) is 0 Å². The molecule has 0 aliphatic heterocycles. The molecular formula is C15H22ClN. The quantitative estimate of drug-likeness (QED) is 0.831. The van der Waals surface area contributed by atoms with Gasteiger partial charge in [-0.2, -0.15) is 0 Å². The van der Waals surface area contributed by atoms with Gasteiger partial charge in [-0.25, -0.2) is 0 Å².